The van der Waals surface area contributed by atoms with Crippen LogP contribution in [0.15, 0.2) is 41.1 Å². The smallest absolute Gasteiger partial charge is 0.268 e. The van der Waals surface area contributed by atoms with Crippen molar-refractivity contribution >= 4 is 5.91 Å². The molecule has 160 valence electrons. The summed E-state index contributed by atoms with van der Waals surface area (Å²) in [5.74, 6) is 0.968. The molecule has 1 amide bonds. The second-order valence-corrected chi connectivity index (χ2v) is 8.25. The van der Waals surface area contributed by atoms with Crippen LogP contribution >= 0.6 is 0 Å². The molecule has 3 atom stereocenters. The van der Waals surface area contributed by atoms with Crippen molar-refractivity contribution in [2.75, 3.05) is 20.1 Å². The molecule has 1 aromatic carbocycles. The van der Waals surface area contributed by atoms with Gasteiger partial charge in [-0.25, -0.2) is 4.98 Å². The number of rotatable bonds is 6. The highest BCUT2D eigenvalue weighted by Gasteiger charge is 2.47. The number of aromatic nitrogens is 4. The molecule has 2 fully saturated rings. The zero-order valence-electron chi connectivity index (χ0n) is 17.4. The van der Waals surface area contributed by atoms with Crippen LogP contribution in [0.5, 0.6) is 0 Å². The zero-order valence-corrected chi connectivity index (χ0v) is 17.4. The van der Waals surface area contributed by atoms with Crippen LogP contribution < -0.4 is 11.1 Å². The van der Waals surface area contributed by atoms with Gasteiger partial charge in [0.25, 0.3) is 5.89 Å². The first-order chi connectivity index (χ1) is 15.1. The van der Waals surface area contributed by atoms with Crippen LogP contribution in [0, 0.1) is 5.92 Å². The minimum Gasteiger partial charge on any atom is -0.415 e. The first-order valence-electron chi connectivity index (χ1n) is 10.6. The summed E-state index contributed by atoms with van der Waals surface area (Å²) in [6.45, 7) is 2.19. The molecule has 3 N–H and O–H groups in total. The van der Waals surface area contributed by atoms with E-state index in [-0.39, 0.29) is 23.8 Å². The Labute approximate surface area is 180 Å². The second-order valence-electron chi connectivity index (χ2n) is 8.25. The lowest BCUT2D eigenvalue weighted by molar-refractivity contribution is -0.131. The minimum absolute atomic E-state index is 0.0378. The lowest BCUT2D eigenvalue weighted by Crippen LogP contribution is -2.33. The average molecular weight is 419 g/mol. The van der Waals surface area contributed by atoms with E-state index in [1.165, 1.54) is 5.56 Å². The van der Waals surface area contributed by atoms with Gasteiger partial charge in [-0.1, -0.05) is 12.1 Å². The largest absolute Gasteiger partial charge is 0.415 e. The van der Waals surface area contributed by atoms with Gasteiger partial charge in [-0.05, 0) is 37.6 Å². The molecule has 2 aliphatic rings. The van der Waals surface area contributed by atoms with Crippen molar-refractivity contribution in [2.24, 2.45) is 11.7 Å². The summed E-state index contributed by atoms with van der Waals surface area (Å²) in [5.41, 5.74) is 9.26. The number of carbonyl (C=O) groups is 1. The van der Waals surface area contributed by atoms with Crippen LogP contribution in [0.2, 0.25) is 0 Å². The fourth-order valence-electron chi connectivity index (χ4n) is 4.09. The van der Waals surface area contributed by atoms with E-state index in [2.05, 4.69) is 25.5 Å². The van der Waals surface area contributed by atoms with Gasteiger partial charge >= 0.3 is 0 Å². The van der Waals surface area contributed by atoms with Gasteiger partial charge in [0.15, 0.2) is 0 Å². The van der Waals surface area contributed by atoms with Crippen LogP contribution in [0.25, 0.3) is 23.0 Å². The Morgan fingerprint density at radius 1 is 1.23 bits per heavy atom. The minimum atomic E-state index is -0.0378. The Bertz CT molecular complexity index is 1080. The van der Waals surface area contributed by atoms with E-state index < -0.39 is 0 Å². The van der Waals surface area contributed by atoms with Crippen molar-refractivity contribution < 1.29 is 9.21 Å². The number of nitrogens with one attached hydrogen (secondary N) is 1. The fraction of sp³-hybridized carbons (Fsp3) is 0.409. The maximum atomic E-state index is 12.7. The SMILES string of the molecule is CNCc1ccc(-c2nnc(-c3cncc(C4CC4C(=O)N4CC[C@H](N)C4)n3)o2)cc1. The molecule has 1 saturated heterocycles. The fourth-order valence-corrected chi connectivity index (χ4v) is 4.09. The van der Waals surface area contributed by atoms with Crippen LogP contribution in [-0.4, -0.2) is 57.2 Å². The highest BCUT2D eigenvalue weighted by atomic mass is 16.4. The van der Waals surface area contributed by atoms with Crippen molar-refractivity contribution in [3.8, 4) is 23.0 Å². The molecule has 9 nitrogen and oxygen atoms in total. The molecule has 1 saturated carbocycles. The number of hydrogen-bond acceptors (Lipinski definition) is 8. The number of hydrogen-bond donors (Lipinski definition) is 2. The number of nitrogens with two attached hydrogens (primary N) is 1. The van der Waals surface area contributed by atoms with Gasteiger partial charge in [-0.2, -0.15) is 0 Å². The third-order valence-corrected chi connectivity index (χ3v) is 5.90. The molecular formula is C22H25N7O2. The van der Waals surface area contributed by atoms with Gasteiger partial charge in [-0.3, -0.25) is 9.78 Å². The molecule has 9 heteroatoms. The Balaban J connectivity index is 1.29. The normalized spacial score (nSPS) is 22.6. The van der Waals surface area contributed by atoms with Gasteiger partial charge in [-0.15, -0.1) is 10.2 Å². The van der Waals surface area contributed by atoms with Crippen molar-refractivity contribution in [1.82, 2.24) is 30.4 Å². The van der Waals surface area contributed by atoms with E-state index in [0.29, 0.717) is 24.0 Å². The molecule has 0 radical (unpaired) electrons. The third-order valence-electron chi connectivity index (χ3n) is 5.90. The molecule has 1 aliphatic heterocycles. The monoisotopic (exact) mass is 419 g/mol. The Kier molecular flexibility index (Phi) is 5.21. The molecule has 0 bridgehead atoms. The number of likely N-dealkylation sites (tertiary alicyclic amines) is 1. The summed E-state index contributed by atoms with van der Waals surface area (Å²) >= 11 is 0. The van der Waals surface area contributed by atoms with Gasteiger partial charge in [0, 0.05) is 49.3 Å². The average Bonchev–Trinajstić information content (AvgIpc) is 3.21. The first-order valence-corrected chi connectivity index (χ1v) is 10.6. The van der Waals surface area contributed by atoms with E-state index in [9.17, 15) is 4.79 Å². The number of carbonyl (C=O) groups excluding carboxylic acids is 1. The van der Waals surface area contributed by atoms with Crippen LogP contribution in [0.3, 0.4) is 0 Å². The highest BCUT2D eigenvalue weighted by molar-refractivity contribution is 5.83. The predicted octanol–water partition coefficient (Wildman–Crippen LogP) is 1.58. The van der Waals surface area contributed by atoms with Crippen LogP contribution in [-0.2, 0) is 11.3 Å². The summed E-state index contributed by atoms with van der Waals surface area (Å²) in [6, 6.07) is 8.05. The Morgan fingerprint density at radius 3 is 2.77 bits per heavy atom. The van der Waals surface area contributed by atoms with Crippen molar-refractivity contribution in [3.05, 3.63) is 47.9 Å². The van der Waals surface area contributed by atoms with Crippen LogP contribution in [0.1, 0.15) is 30.0 Å². The zero-order chi connectivity index (χ0) is 21.4. The second kappa shape index (κ2) is 8.16. The van der Waals surface area contributed by atoms with Crippen molar-refractivity contribution in [2.45, 2.75) is 31.3 Å². The molecule has 2 aromatic heterocycles. The third kappa shape index (κ3) is 4.06. The molecule has 0 spiro atoms. The van der Waals surface area contributed by atoms with Crippen molar-refractivity contribution in [3.63, 3.8) is 0 Å². The van der Waals surface area contributed by atoms with E-state index in [4.69, 9.17) is 10.2 Å². The van der Waals surface area contributed by atoms with Gasteiger partial charge in [0.1, 0.15) is 5.69 Å². The molecule has 3 heterocycles. The van der Waals surface area contributed by atoms with Gasteiger partial charge in [0.05, 0.1) is 11.9 Å². The standard InChI is InChI=1S/C22H25N7O2/c1-24-9-13-2-4-14(5-3-13)20-27-28-21(31-20)19-11-25-10-18(26-19)16-8-17(16)22(30)29-7-6-15(23)12-29/h2-5,10-11,15-17,24H,6-9,12,23H2,1H3/t15-,16?,17?/m0/s1. The van der Waals surface area contributed by atoms with E-state index >= 15 is 0 Å². The van der Waals surface area contributed by atoms with Gasteiger partial charge < -0.3 is 20.4 Å². The molecule has 1 aliphatic carbocycles. The molecular weight excluding hydrogens is 394 g/mol. The van der Waals surface area contributed by atoms with E-state index in [1.54, 1.807) is 12.4 Å². The maximum absolute atomic E-state index is 12.7. The summed E-state index contributed by atoms with van der Waals surface area (Å²) in [6.07, 6.45) is 4.98. The summed E-state index contributed by atoms with van der Waals surface area (Å²) in [7, 11) is 1.91. The topological polar surface area (TPSA) is 123 Å². The maximum Gasteiger partial charge on any atom is 0.268 e. The summed E-state index contributed by atoms with van der Waals surface area (Å²) in [5, 5.41) is 11.4. The Morgan fingerprint density at radius 2 is 2.03 bits per heavy atom. The lowest BCUT2D eigenvalue weighted by atomic mass is 10.1. The predicted molar refractivity (Wildman–Crippen MR) is 114 cm³/mol. The Hall–Kier alpha value is -3.17. The number of nitrogens with zero attached hydrogens (tertiary/aromatic N) is 5. The molecule has 31 heavy (non-hydrogen) atoms. The molecule has 2 unspecified atom stereocenters. The van der Waals surface area contributed by atoms with E-state index in [1.807, 2.05) is 36.2 Å². The number of amides is 1. The first kappa shape index (κ1) is 19.8. The van der Waals surface area contributed by atoms with Crippen molar-refractivity contribution in [1.29, 1.82) is 0 Å². The molecule has 5 rings (SSSR count). The highest BCUT2D eigenvalue weighted by Crippen LogP contribution is 2.48. The quantitative estimate of drug-likeness (QED) is 0.617. The van der Waals surface area contributed by atoms with Gasteiger partial charge in [0.2, 0.25) is 11.8 Å². The van der Waals surface area contributed by atoms with E-state index in [0.717, 1.165) is 37.2 Å². The lowest BCUT2D eigenvalue weighted by Gasteiger charge is -2.15. The summed E-state index contributed by atoms with van der Waals surface area (Å²) in [4.78, 5) is 23.5. The number of benzene rings is 1. The molecule has 3 aromatic rings. The van der Waals surface area contributed by atoms with Crippen LogP contribution in [0.4, 0.5) is 0 Å². The summed E-state index contributed by atoms with van der Waals surface area (Å²) < 4.78 is 5.85.